The summed E-state index contributed by atoms with van der Waals surface area (Å²) in [6.07, 6.45) is -0.529. The topological polar surface area (TPSA) is 65.0 Å². The molecule has 0 aromatic carbocycles. The van der Waals surface area contributed by atoms with Crippen molar-refractivity contribution in [3.05, 3.63) is 0 Å². The Labute approximate surface area is 111 Å². The molecule has 2 atom stereocenters. The number of aliphatic hydroxyl groups excluding tert-OH is 1. The van der Waals surface area contributed by atoms with E-state index in [9.17, 15) is 10.2 Å². The predicted octanol–water partition coefficient (Wildman–Crippen LogP) is -0.0779. The zero-order chi connectivity index (χ0) is 14.2. The summed E-state index contributed by atoms with van der Waals surface area (Å²) < 4.78 is 5.34. The van der Waals surface area contributed by atoms with Gasteiger partial charge in [-0.1, -0.05) is 13.8 Å². The highest BCUT2D eigenvalue weighted by Crippen LogP contribution is 2.02. The van der Waals surface area contributed by atoms with Gasteiger partial charge in [-0.3, -0.25) is 0 Å². The lowest BCUT2D eigenvalue weighted by molar-refractivity contribution is 0.0129. The number of nitrogens with one attached hydrogen (secondary N) is 1. The molecule has 0 rings (SSSR count). The number of hydrogen-bond donors (Lipinski definition) is 3. The highest BCUT2D eigenvalue weighted by Gasteiger charge is 2.21. The molecule has 0 aliphatic carbocycles. The van der Waals surface area contributed by atoms with Gasteiger partial charge >= 0.3 is 0 Å². The van der Waals surface area contributed by atoms with Crippen LogP contribution in [0, 0.1) is 5.92 Å². The van der Waals surface area contributed by atoms with Gasteiger partial charge in [0, 0.05) is 26.2 Å². The molecule has 0 aromatic heterocycles. The number of aliphatic hydroxyl groups is 2. The van der Waals surface area contributed by atoms with Gasteiger partial charge in [0.05, 0.1) is 18.3 Å². The van der Waals surface area contributed by atoms with Crippen LogP contribution in [-0.2, 0) is 4.74 Å². The van der Waals surface area contributed by atoms with Gasteiger partial charge in [0.15, 0.2) is 0 Å². The van der Waals surface area contributed by atoms with Crippen molar-refractivity contribution < 1.29 is 14.9 Å². The Kier molecular flexibility index (Phi) is 8.73. The van der Waals surface area contributed by atoms with E-state index in [1.54, 1.807) is 6.92 Å². The van der Waals surface area contributed by atoms with Crippen LogP contribution in [0.2, 0.25) is 0 Å². The summed E-state index contributed by atoms with van der Waals surface area (Å²) >= 11 is 0. The van der Waals surface area contributed by atoms with E-state index in [1.165, 1.54) is 0 Å². The summed E-state index contributed by atoms with van der Waals surface area (Å²) in [6.45, 7) is 8.39. The molecule has 0 radical (unpaired) electrons. The Morgan fingerprint density at radius 2 is 1.89 bits per heavy atom. The lowest BCUT2D eigenvalue weighted by atomic mass is 10.1. The second-order valence-corrected chi connectivity index (χ2v) is 5.95. The van der Waals surface area contributed by atoms with E-state index in [0.29, 0.717) is 38.8 Å². The van der Waals surface area contributed by atoms with Crippen LogP contribution < -0.4 is 5.32 Å². The van der Waals surface area contributed by atoms with Crippen LogP contribution in [0.5, 0.6) is 0 Å². The molecule has 3 N–H and O–H groups in total. The van der Waals surface area contributed by atoms with E-state index in [-0.39, 0.29) is 0 Å². The molecule has 110 valence electrons. The summed E-state index contributed by atoms with van der Waals surface area (Å²) in [5.74, 6) is 0.478. The lowest BCUT2D eigenvalue weighted by Gasteiger charge is -2.27. The summed E-state index contributed by atoms with van der Waals surface area (Å²) in [4.78, 5) is 1.93. The van der Waals surface area contributed by atoms with E-state index in [4.69, 9.17) is 4.74 Å². The zero-order valence-corrected chi connectivity index (χ0v) is 12.4. The van der Waals surface area contributed by atoms with Gasteiger partial charge < -0.3 is 25.2 Å². The highest BCUT2D eigenvalue weighted by molar-refractivity contribution is 4.78. The van der Waals surface area contributed by atoms with Gasteiger partial charge in [0.2, 0.25) is 0 Å². The average molecular weight is 262 g/mol. The molecule has 0 bridgehead atoms. The molecule has 0 amide bonds. The molecule has 0 aliphatic heterocycles. The Morgan fingerprint density at radius 3 is 2.39 bits per heavy atom. The van der Waals surface area contributed by atoms with Gasteiger partial charge in [0.25, 0.3) is 0 Å². The first-order valence-electron chi connectivity index (χ1n) is 6.56. The third-order valence-electron chi connectivity index (χ3n) is 2.30. The predicted molar refractivity (Wildman–Crippen MR) is 73.7 cm³/mol. The number of hydrogen-bond acceptors (Lipinski definition) is 5. The quantitative estimate of drug-likeness (QED) is 0.514. The van der Waals surface area contributed by atoms with Crippen LogP contribution in [0.15, 0.2) is 0 Å². The summed E-state index contributed by atoms with van der Waals surface area (Å²) in [6, 6.07) is 0. The van der Waals surface area contributed by atoms with E-state index >= 15 is 0 Å². The Hall–Kier alpha value is -0.200. The second kappa shape index (κ2) is 8.82. The highest BCUT2D eigenvalue weighted by atomic mass is 16.5. The van der Waals surface area contributed by atoms with Crippen molar-refractivity contribution >= 4 is 0 Å². The first-order valence-corrected chi connectivity index (χ1v) is 6.56. The van der Waals surface area contributed by atoms with Crippen molar-refractivity contribution in [1.82, 2.24) is 10.2 Å². The summed E-state index contributed by atoms with van der Waals surface area (Å²) in [5, 5.41) is 22.8. The van der Waals surface area contributed by atoms with Crippen LogP contribution in [0.25, 0.3) is 0 Å². The Bertz CT molecular complexity index is 208. The summed E-state index contributed by atoms with van der Waals surface area (Å²) in [5.41, 5.74) is -0.790. The second-order valence-electron chi connectivity index (χ2n) is 5.95. The minimum absolute atomic E-state index is 0.334. The van der Waals surface area contributed by atoms with Gasteiger partial charge in [-0.25, -0.2) is 0 Å². The Morgan fingerprint density at radius 1 is 1.28 bits per heavy atom. The van der Waals surface area contributed by atoms with E-state index in [0.717, 1.165) is 0 Å². The largest absolute Gasteiger partial charge is 0.389 e. The molecular formula is C13H30N2O3. The number of likely N-dealkylation sites (N-methyl/N-ethyl adjacent to an activating group) is 1. The third kappa shape index (κ3) is 10.9. The fourth-order valence-electron chi connectivity index (χ4n) is 1.74. The molecular weight excluding hydrogens is 232 g/mol. The minimum Gasteiger partial charge on any atom is -0.389 e. The molecule has 0 saturated carbocycles. The fraction of sp³-hybridized carbons (Fsp3) is 1.00. The number of ether oxygens (including phenoxy) is 1. The Balaban J connectivity index is 3.63. The normalized spacial score (nSPS) is 17.2. The molecule has 18 heavy (non-hydrogen) atoms. The van der Waals surface area contributed by atoms with E-state index in [1.807, 2.05) is 19.0 Å². The van der Waals surface area contributed by atoms with Gasteiger partial charge in [-0.15, -0.1) is 0 Å². The molecule has 0 aromatic rings. The molecule has 0 spiro atoms. The van der Waals surface area contributed by atoms with Gasteiger partial charge in [0.1, 0.15) is 0 Å². The first-order chi connectivity index (χ1) is 8.23. The third-order valence-corrected chi connectivity index (χ3v) is 2.30. The molecule has 0 saturated heterocycles. The number of rotatable bonds is 10. The molecule has 5 nitrogen and oxygen atoms in total. The van der Waals surface area contributed by atoms with Crippen molar-refractivity contribution in [2.24, 2.45) is 5.92 Å². The van der Waals surface area contributed by atoms with Crippen molar-refractivity contribution in [3.8, 4) is 0 Å². The van der Waals surface area contributed by atoms with Crippen LogP contribution in [0.3, 0.4) is 0 Å². The average Bonchev–Trinajstić information content (AvgIpc) is 2.14. The standard InChI is InChI=1S/C13H30N2O3/c1-11(2)7-18-8-12(16)6-14-9-13(3,17)10-15(4)5/h11-12,14,16-17H,6-10H2,1-5H3. The van der Waals surface area contributed by atoms with Crippen molar-refractivity contribution in [3.63, 3.8) is 0 Å². The maximum absolute atomic E-state index is 10.0. The fourth-order valence-corrected chi connectivity index (χ4v) is 1.74. The van der Waals surface area contributed by atoms with E-state index < -0.39 is 11.7 Å². The molecule has 5 heteroatoms. The molecule has 0 aliphatic rings. The van der Waals surface area contributed by atoms with Crippen molar-refractivity contribution in [2.45, 2.75) is 32.5 Å². The lowest BCUT2D eigenvalue weighted by Crippen LogP contribution is -2.47. The van der Waals surface area contributed by atoms with Gasteiger partial charge in [-0.2, -0.15) is 0 Å². The van der Waals surface area contributed by atoms with Crippen molar-refractivity contribution in [2.75, 3.05) is 46.9 Å². The molecule has 0 fully saturated rings. The maximum atomic E-state index is 10.0. The minimum atomic E-state index is -0.790. The zero-order valence-electron chi connectivity index (χ0n) is 12.4. The van der Waals surface area contributed by atoms with Crippen LogP contribution in [0.4, 0.5) is 0 Å². The van der Waals surface area contributed by atoms with Crippen LogP contribution in [0.1, 0.15) is 20.8 Å². The molecule has 0 heterocycles. The summed E-state index contributed by atoms with van der Waals surface area (Å²) in [7, 11) is 3.84. The smallest absolute Gasteiger partial charge is 0.0897 e. The number of nitrogens with zero attached hydrogens (tertiary/aromatic N) is 1. The van der Waals surface area contributed by atoms with E-state index in [2.05, 4.69) is 19.2 Å². The van der Waals surface area contributed by atoms with Crippen LogP contribution >= 0.6 is 0 Å². The molecule has 2 unspecified atom stereocenters. The monoisotopic (exact) mass is 262 g/mol. The van der Waals surface area contributed by atoms with Crippen molar-refractivity contribution in [1.29, 1.82) is 0 Å². The first kappa shape index (κ1) is 17.8. The SMILES string of the molecule is CC(C)COCC(O)CNCC(C)(O)CN(C)C. The van der Waals surface area contributed by atoms with Crippen LogP contribution in [-0.4, -0.2) is 73.8 Å². The van der Waals surface area contributed by atoms with Gasteiger partial charge in [-0.05, 0) is 26.9 Å². The maximum Gasteiger partial charge on any atom is 0.0897 e.